The Morgan fingerprint density at radius 2 is 2.10 bits per heavy atom. The van der Waals surface area contributed by atoms with Crippen molar-refractivity contribution >= 4 is 11.5 Å². The van der Waals surface area contributed by atoms with Crippen LogP contribution in [-0.4, -0.2) is 29.0 Å². The van der Waals surface area contributed by atoms with Crippen molar-refractivity contribution in [2.45, 2.75) is 0 Å². The van der Waals surface area contributed by atoms with Gasteiger partial charge in [0.05, 0.1) is 12.0 Å². The number of rotatable bonds is 5. The Labute approximate surface area is 118 Å². The van der Waals surface area contributed by atoms with Crippen LogP contribution >= 0.6 is 0 Å². The molecule has 1 aromatic carbocycles. The molecule has 0 amide bonds. The Balaban J connectivity index is 2.51. The second-order valence-electron chi connectivity index (χ2n) is 3.76. The van der Waals surface area contributed by atoms with Gasteiger partial charge >= 0.3 is 5.69 Å². The summed E-state index contributed by atoms with van der Waals surface area (Å²) in [5.41, 5.74) is -0.512. The summed E-state index contributed by atoms with van der Waals surface area (Å²) < 4.78 is 24.1. The number of methoxy groups -OCH3 is 1. The van der Waals surface area contributed by atoms with Crippen LogP contribution in [0.4, 0.5) is 15.9 Å². The van der Waals surface area contributed by atoms with Crippen LogP contribution < -0.4 is 14.8 Å². The molecule has 0 bridgehead atoms. The number of anilines is 1. The lowest BCUT2D eigenvalue weighted by molar-refractivity contribution is -0.385. The first-order valence-electron chi connectivity index (χ1n) is 5.76. The van der Waals surface area contributed by atoms with Crippen LogP contribution in [0.25, 0.3) is 0 Å². The first-order valence-corrected chi connectivity index (χ1v) is 5.76. The highest BCUT2D eigenvalue weighted by Crippen LogP contribution is 2.38. The molecule has 2 aromatic rings. The minimum Gasteiger partial charge on any atom is -0.489 e. The molecule has 0 aliphatic rings. The van der Waals surface area contributed by atoms with E-state index in [2.05, 4.69) is 15.3 Å². The number of benzene rings is 1. The Morgan fingerprint density at radius 3 is 2.71 bits per heavy atom. The Hall–Kier alpha value is -2.97. The standard InChI is InChI=1S/C12H11FN4O4/c1-14-11-10(20-2)12(16-6-15-11)21-9-7(13)4-3-5-8(9)17(18)19/h3-6H,1-2H3,(H,14,15,16). The number of halogens is 1. The molecule has 1 heterocycles. The lowest BCUT2D eigenvalue weighted by Gasteiger charge is -2.12. The summed E-state index contributed by atoms with van der Waals surface area (Å²) in [6, 6.07) is 3.40. The third-order valence-corrected chi connectivity index (χ3v) is 2.55. The molecule has 0 atom stereocenters. The van der Waals surface area contributed by atoms with Crippen LogP contribution in [0.2, 0.25) is 0 Å². The summed E-state index contributed by atoms with van der Waals surface area (Å²) in [4.78, 5) is 17.9. The molecule has 9 heteroatoms. The van der Waals surface area contributed by atoms with Gasteiger partial charge in [-0.25, -0.2) is 9.37 Å². The fraction of sp³-hybridized carbons (Fsp3) is 0.167. The SMILES string of the molecule is CNc1ncnc(Oc2c(F)cccc2[N+](=O)[O-])c1OC. The largest absolute Gasteiger partial charge is 0.489 e. The van der Waals surface area contributed by atoms with Crippen molar-refractivity contribution in [3.8, 4) is 17.4 Å². The number of nitrogens with zero attached hydrogens (tertiary/aromatic N) is 3. The van der Waals surface area contributed by atoms with Gasteiger partial charge < -0.3 is 14.8 Å². The number of para-hydroxylation sites is 1. The molecule has 0 saturated carbocycles. The smallest absolute Gasteiger partial charge is 0.314 e. The van der Waals surface area contributed by atoms with Crippen LogP contribution in [0.5, 0.6) is 17.4 Å². The zero-order valence-corrected chi connectivity index (χ0v) is 11.2. The number of hydrogen-bond donors (Lipinski definition) is 1. The van der Waals surface area contributed by atoms with Crippen LogP contribution in [0.3, 0.4) is 0 Å². The van der Waals surface area contributed by atoms with E-state index in [9.17, 15) is 14.5 Å². The number of nitro benzene ring substituents is 1. The molecule has 0 fully saturated rings. The molecular formula is C12H11FN4O4. The van der Waals surface area contributed by atoms with Crippen molar-refractivity contribution in [1.29, 1.82) is 0 Å². The highest BCUT2D eigenvalue weighted by molar-refractivity contribution is 5.57. The third-order valence-electron chi connectivity index (χ3n) is 2.55. The molecule has 0 saturated heterocycles. The van der Waals surface area contributed by atoms with E-state index in [1.54, 1.807) is 7.05 Å². The normalized spacial score (nSPS) is 10.0. The van der Waals surface area contributed by atoms with Crippen molar-refractivity contribution < 1.29 is 18.8 Å². The van der Waals surface area contributed by atoms with Crippen LogP contribution in [0.15, 0.2) is 24.5 Å². The topological polar surface area (TPSA) is 99.4 Å². The summed E-state index contributed by atoms with van der Waals surface area (Å²) in [6.07, 6.45) is 1.16. The van der Waals surface area contributed by atoms with Gasteiger partial charge in [-0.1, -0.05) is 6.07 Å². The first kappa shape index (κ1) is 14.4. The van der Waals surface area contributed by atoms with E-state index in [0.29, 0.717) is 5.82 Å². The summed E-state index contributed by atoms with van der Waals surface area (Å²) in [5, 5.41) is 13.7. The number of ether oxygens (including phenoxy) is 2. The van der Waals surface area contributed by atoms with Gasteiger partial charge in [0, 0.05) is 13.1 Å². The van der Waals surface area contributed by atoms with Crippen molar-refractivity contribution in [2.75, 3.05) is 19.5 Å². The van der Waals surface area contributed by atoms with Crippen molar-refractivity contribution in [2.24, 2.45) is 0 Å². The second-order valence-corrected chi connectivity index (χ2v) is 3.76. The second kappa shape index (κ2) is 5.99. The maximum absolute atomic E-state index is 13.8. The van der Waals surface area contributed by atoms with E-state index in [1.165, 1.54) is 13.2 Å². The zero-order chi connectivity index (χ0) is 15.4. The first-order chi connectivity index (χ1) is 10.1. The average molecular weight is 294 g/mol. The molecule has 0 radical (unpaired) electrons. The van der Waals surface area contributed by atoms with Crippen LogP contribution in [0.1, 0.15) is 0 Å². The van der Waals surface area contributed by atoms with E-state index < -0.39 is 22.2 Å². The van der Waals surface area contributed by atoms with E-state index in [0.717, 1.165) is 18.5 Å². The predicted molar refractivity (Wildman–Crippen MR) is 71.3 cm³/mol. The van der Waals surface area contributed by atoms with Gasteiger partial charge in [-0.2, -0.15) is 4.98 Å². The van der Waals surface area contributed by atoms with Crippen molar-refractivity contribution in [1.82, 2.24) is 9.97 Å². The fourth-order valence-corrected chi connectivity index (χ4v) is 1.63. The zero-order valence-electron chi connectivity index (χ0n) is 11.2. The van der Waals surface area contributed by atoms with Gasteiger partial charge in [0.1, 0.15) is 6.33 Å². The van der Waals surface area contributed by atoms with Crippen molar-refractivity contribution in [3.63, 3.8) is 0 Å². The number of hydrogen-bond acceptors (Lipinski definition) is 7. The Bertz CT molecular complexity index is 680. The lowest BCUT2D eigenvalue weighted by Crippen LogP contribution is -2.02. The van der Waals surface area contributed by atoms with E-state index in [-0.39, 0.29) is 11.6 Å². The monoisotopic (exact) mass is 294 g/mol. The maximum Gasteiger partial charge on any atom is 0.314 e. The summed E-state index contributed by atoms with van der Waals surface area (Å²) in [7, 11) is 2.95. The highest BCUT2D eigenvalue weighted by atomic mass is 19.1. The minimum absolute atomic E-state index is 0.109. The summed E-state index contributed by atoms with van der Waals surface area (Å²) >= 11 is 0. The number of nitro groups is 1. The van der Waals surface area contributed by atoms with Gasteiger partial charge in [-0.15, -0.1) is 0 Å². The Kier molecular flexibility index (Phi) is 4.12. The van der Waals surface area contributed by atoms with Crippen molar-refractivity contribution in [3.05, 3.63) is 40.5 Å². The molecule has 0 aliphatic heterocycles. The van der Waals surface area contributed by atoms with E-state index in [4.69, 9.17) is 9.47 Å². The van der Waals surface area contributed by atoms with Crippen LogP contribution in [0, 0.1) is 15.9 Å². The molecule has 0 aliphatic carbocycles. The molecule has 1 aromatic heterocycles. The van der Waals surface area contributed by atoms with E-state index >= 15 is 0 Å². The molecule has 0 spiro atoms. The summed E-state index contributed by atoms with van der Waals surface area (Å²) in [6.45, 7) is 0. The minimum atomic E-state index is -0.879. The predicted octanol–water partition coefficient (Wildman–Crippen LogP) is 2.37. The van der Waals surface area contributed by atoms with Gasteiger partial charge in [0.25, 0.3) is 5.88 Å². The quantitative estimate of drug-likeness (QED) is 0.667. The molecular weight excluding hydrogens is 283 g/mol. The number of aromatic nitrogens is 2. The molecule has 21 heavy (non-hydrogen) atoms. The van der Waals surface area contributed by atoms with Gasteiger partial charge in [-0.05, 0) is 6.07 Å². The molecule has 0 unspecified atom stereocenters. The Morgan fingerprint density at radius 1 is 1.33 bits per heavy atom. The van der Waals surface area contributed by atoms with Crippen LogP contribution in [-0.2, 0) is 0 Å². The fourth-order valence-electron chi connectivity index (χ4n) is 1.63. The summed E-state index contributed by atoms with van der Waals surface area (Å²) in [5.74, 6) is -1.14. The average Bonchev–Trinajstić information content (AvgIpc) is 2.48. The van der Waals surface area contributed by atoms with Gasteiger partial charge in [0.15, 0.2) is 11.6 Å². The van der Waals surface area contributed by atoms with Gasteiger partial charge in [0.2, 0.25) is 11.5 Å². The molecule has 2 rings (SSSR count). The third kappa shape index (κ3) is 2.81. The lowest BCUT2D eigenvalue weighted by atomic mass is 10.3. The van der Waals surface area contributed by atoms with Gasteiger partial charge in [-0.3, -0.25) is 10.1 Å². The highest BCUT2D eigenvalue weighted by Gasteiger charge is 2.23. The number of nitrogens with one attached hydrogen (secondary N) is 1. The van der Waals surface area contributed by atoms with E-state index in [1.807, 2.05) is 0 Å². The molecule has 1 N–H and O–H groups in total. The maximum atomic E-state index is 13.8. The molecule has 8 nitrogen and oxygen atoms in total. The molecule has 110 valence electrons.